The Hall–Kier alpha value is -3.40. The number of primary amides is 1. The van der Waals surface area contributed by atoms with Gasteiger partial charge in [0.25, 0.3) is 5.91 Å². The van der Waals surface area contributed by atoms with Crippen LogP contribution in [0.15, 0.2) is 66.7 Å². The predicted molar refractivity (Wildman–Crippen MR) is 103 cm³/mol. The number of amides is 2. The van der Waals surface area contributed by atoms with E-state index < -0.39 is 11.9 Å². The molecule has 0 saturated heterocycles. The smallest absolute Gasteiger partial charge is 0.252 e. The lowest BCUT2D eigenvalue weighted by molar-refractivity contribution is -0.120. The average molecular weight is 342 g/mol. The van der Waals surface area contributed by atoms with Crippen LogP contribution in [0.2, 0.25) is 0 Å². The summed E-state index contributed by atoms with van der Waals surface area (Å²) >= 11 is 0. The molecular formula is C22H18N2O2. The molecule has 128 valence electrons. The second-order valence-electron chi connectivity index (χ2n) is 6.37. The van der Waals surface area contributed by atoms with E-state index in [9.17, 15) is 9.59 Å². The predicted octanol–water partition coefficient (Wildman–Crippen LogP) is 3.37. The van der Waals surface area contributed by atoms with Crippen molar-refractivity contribution in [1.29, 1.82) is 0 Å². The molecule has 1 atom stereocenters. The summed E-state index contributed by atoms with van der Waals surface area (Å²) in [4.78, 5) is 24.8. The largest absolute Gasteiger partial charge is 0.368 e. The number of nitrogens with two attached hydrogens (primary N) is 1. The monoisotopic (exact) mass is 342 g/mol. The lowest BCUT2D eigenvalue weighted by Crippen LogP contribution is -2.37. The molecule has 26 heavy (non-hydrogen) atoms. The Morgan fingerprint density at radius 2 is 1.77 bits per heavy atom. The van der Waals surface area contributed by atoms with Gasteiger partial charge in [-0.2, -0.15) is 0 Å². The van der Waals surface area contributed by atoms with Gasteiger partial charge in [0.05, 0.1) is 0 Å². The van der Waals surface area contributed by atoms with E-state index in [1.807, 2.05) is 42.5 Å². The van der Waals surface area contributed by atoms with E-state index in [2.05, 4.69) is 17.5 Å². The highest BCUT2D eigenvalue weighted by Crippen LogP contribution is 2.31. The van der Waals surface area contributed by atoms with Crippen LogP contribution in [0.25, 0.3) is 16.8 Å². The van der Waals surface area contributed by atoms with Crippen molar-refractivity contribution in [3.63, 3.8) is 0 Å². The maximum Gasteiger partial charge on any atom is 0.252 e. The van der Waals surface area contributed by atoms with Crippen LogP contribution in [0.3, 0.4) is 0 Å². The molecule has 0 spiro atoms. The van der Waals surface area contributed by atoms with Crippen molar-refractivity contribution in [3.8, 4) is 0 Å². The van der Waals surface area contributed by atoms with Gasteiger partial charge in [0.15, 0.2) is 0 Å². The third-order valence-electron chi connectivity index (χ3n) is 4.73. The van der Waals surface area contributed by atoms with Gasteiger partial charge in [0.1, 0.15) is 6.04 Å². The zero-order valence-corrected chi connectivity index (χ0v) is 14.1. The maximum absolute atomic E-state index is 12.9. The lowest BCUT2D eigenvalue weighted by atomic mass is 9.89. The van der Waals surface area contributed by atoms with Crippen molar-refractivity contribution in [3.05, 3.63) is 89.0 Å². The molecule has 1 aliphatic rings. The fourth-order valence-electron chi connectivity index (χ4n) is 3.50. The minimum atomic E-state index is -0.866. The van der Waals surface area contributed by atoms with Gasteiger partial charge >= 0.3 is 0 Å². The highest BCUT2D eigenvalue weighted by Gasteiger charge is 2.23. The molecule has 0 heterocycles. The minimum absolute atomic E-state index is 0.309. The van der Waals surface area contributed by atoms with Crippen LogP contribution in [0.5, 0.6) is 0 Å². The molecule has 4 nitrogen and oxygen atoms in total. The number of allylic oxidation sites excluding steroid dienone is 1. The van der Waals surface area contributed by atoms with E-state index in [-0.39, 0.29) is 5.91 Å². The zero-order valence-electron chi connectivity index (χ0n) is 14.1. The number of nitrogens with one attached hydrogen (secondary N) is 1. The third kappa shape index (κ3) is 2.75. The van der Waals surface area contributed by atoms with Gasteiger partial charge in [0, 0.05) is 5.56 Å². The molecule has 0 unspecified atom stereocenters. The molecule has 0 bridgehead atoms. The minimum Gasteiger partial charge on any atom is -0.368 e. The first-order valence-corrected chi connectivity index (χ1v) is 8.51. The summed E-state index contributed by atoms with van der Waals surface area (Å²) in [6, 6.07) is 18.0. The Balaban J connectivity index is 1.74. The normalized spacial score (nSPS) is 13.4. The summed E-state index contributed by atoms with van der Waals surface area (Å²) in [6.45, 7) is 0. The van der Waals surface area contributed by atoms with Gasteiger partial charge in [-0.05, 0) is 39.9 Å². The molecule has 0 fully saturated rings. The third-order valence-corrected chi connectivity index (χ3v) is 4.73. The fourth-order valence-corrected chi connectivity index (χ4v) is 3.50. The molecule has 3 aromatic rings. The van der Waals surface area contributed by atoms with E-state index in [1.54, 1.807) is 18.2 Å². The van der Waals surface area contributed by atoms with Crippen LogP contribution in [0.4, 0.5) is 0 Å². The number of carbonyl (C=O) groups is 2. The molecular weight excluding hydrogens is 324 g/mol. The molecule has 2 amide bonds. The van der Waals surface area contributed by atoms with Crippen LogP contribution in [-0.2, 0) is 11.2 Å². The average Bonchev–Trinajstić information content (AvgIpc) is 2.67. The van der Waals surface area contributed by atoms with Gasteiger partial charge in [-0.1, -0.05) is 66.7 Å². The molecule has 0 aromatic heterocycles. The Morgan fingerprint density at radius 3 is 2.54 bits per heavy atom. The molecule has 0 radical (unpaired) electrons. The summed E-state index contributed by atoms with van der Waals surface area (Å²) in [5.41, 5.74) is 8.82. The number of benzene rings is 3. The van der Waals surface area contributed by atoms with Crippen molar-refractivity contribution < 1.29 is 9.59 Å². The zero-order chi connectivity index (χ0) is 18.1. The first-order chi connectivity index (χ1) is 12.6. The van der Waals surface area contributed by atoms with E-state index >= 15 is 0 Å². The van der Waals surface area contributed by atoms with Crippen molar-refractivity contribution >= 4 is 28.7 Å². The topological polar surface area (TPSA) is 72.2 Å². The van der Waals surface area contributed by atoms with E-state index in [4.69, 9.17) is 5.73 Å². The second kappa shape index (κ2) is 6.48. The van der Waals surface area contributed by atoms with Crippen molar-refractivity contribution in [2.24, 2.45) is 5.73 Å². The van der Waals surface area contributed by atoms with Gasteiger partial charge < -0.3 is 11.1 Å². The van der Waals surface area contributed by atoms with Crippen LogP contribution in [0.1, 0.15) is 33.1 Å². The summed E-state index contributed by atoms with van der Waals surface area (Å²) < 4.78 is 0. The Kier molecular flexibility index (Phi) is 4.01. The van der Waals surface area contributed by atoms with Gasteiger partial charge in [-0.3, -0.25) is 9.59 Å². The summed E-state index contributed by atoms with van der Waals surface area (Å²) in [5, 5.41) is 4.98. The second-order valence-corrected chi connectivity index (χ2v) is 6.37. The maximum atomic E-state index is 12.9. The number of carbonyl (C=O) groups excluding carboxylic acids is 2. The molecule has 1 aliphatic carbocycles. The Morgan fingerprint density at radius 1 is 0.962 bits per heavy atom. The van der Waals surface area contributed by atoms with Crippen LogP contribution in [-0.4, -0.2) is 11.8 Å². The van der Waals surface area contributed by atoms with Crippen molar-refractivity contribution in [2.75, 3.05) is 0 Å². The van der Waals surface area contributed by atoms with Gasteiger partial charge in [0.2, 0.25) is 5.91 Å². The number of hydrogen-bond acceptors (Lipinski definition) is 2. The first kappa shape index (κ1) is 16.1. The Labute approximate surface area is 151 Å². The summed E-state index contributed by atoms with van der Waals surface area (Å²) in [7, 11) is 0. The van der Waals surface area contributed by atoms with E-state index in [0.717, 1.165) is 22.8 Å². The molecule has 0 aliphatic heterocycles. The fraction of sp³-hybridized carbons (Fsp3) is 0.0909. The standard InChI is InChI=1S/C22H18N2O2/c23-21(25)20(16-6-2-1-3-7-16)24-22(26)18-13-12-15-9-4-8-14-10-5-11-17(18)19(14)15/h1-9,11-13,20H,10H2,(H2,23,25)(H,24,26)/t20-/m0/s1. The molecule has 4 heteroatoms. The van der Waals surface area contributed by atoms with Crippen LogP contribution < -0.4 is 11.1 Å². The number of hydrogen-bond donors (Lipinski definition) is 2. The quantitative estimate of drug-likeness (QED) is 0.763. The summed E-state index contributed by atoms with van der Waals surface area (Å²) in [5.74, 6) is -0.897. The van der Waals surface area contributed by atoms with Gasteiger partial charge in [-0.15, -0.1) is 0 Å². The first-order valence-electron chi connectivity index (χ1n) is 8.51. The molecule has 3 N–H and O–H groups in total. The Bertz CT molecular complexity index is 1040. The molecule has 3 aromatic carbocycles. The van der Waals surface area contributed by atoms with E-state index in [1.165, 1.54) is 5.56 Å². The number of rotatable bonds is 4. The van der Waals surface area contributed by atoms with Crippen LogP contribution in [0, 0.1) is 0 Å². The van der Waals surface area contributed by atoms with Gasteiger partial charge in [-0.25, -0.2) is 0 Å². The van der Waals surface area contributed by atoms with Crippen molar-refractivity contribution in [1.82, 2.24) is 5.32 Å². The lowest BCUT2D eigenvalue weighted by Gasteiger charge is -2.19. The molecule has 4 rings (SSSR count). The highest BCUT2D eigenvalue weighted by atomic mass is 16.2. The van der Waals surface area contributed by atoms with E-state index in [0.29, 0.717) is 11.1 Å². The summed E-state index contributed by atoms with van der Waals surface area (Å²) in [6.07, 6.45) is 4.88. The highest BCUT2D eigenvalue weighted by molar-refractivity contribution is 6.07. The molecule has 0 saturated carbocycles. The van der Waals surface area contributed by atoms with Crippen molar-refractivity contribution in [2.45, 2.75) is 12.5 Å². The van der Waals surface area contributed by atoms with Crippen LogP contribution >= 0.6 is 0 Å². The SMILES string of the molecule is NC(=O)[C@@H](NC(=O)c1ccc2cccc3c2c1C=CC3)c1ccccc1.